The fourth-order valence-corrected chi connectivity index (χ4v) is 3.98. The summed E-state index contributed by atoms with van der Waals surface area (Å²) in [6.45, 7) is 3.78. The lowest BCUT2D eigenvalue weighted by molar-refractivity contribution is 0.0958. The first-order valence-electron chi connectivity index (χ1n) is 10.5. The number of aromatic amines is 1. The average molecular weight is 438 g/mol. The first kappa shape index (κ1) is 21.8. The Morgan fingerprint density at radius 3 is 2.75 bits per heavy atom. The Bertz CT molecular complexity index is 1280. The number of carbonyl (C=O) groups excluding carboxylic acids is 1. The highest BCUT2D eigenvalue weighted by Gasteiger charge is 2.22. The summed E-state index contributed by atoms with van der Waals surface area (Å²) in [4.78, 5) is 33.3. The van der Waals surface area contributed by atoms with Crippen molar-refractivity contribution in [2.24, 2.45) is 0 Å². The molecule has 1 aliphatic rings. The molecular weight excluding hydrogens is 414 g/mol. The van der Waals surface area contributed by atoms with E-state index in [1.165, 1.54) is 19.2 Å². The summed E-state index contributed by atoms with van der Waals surface area (Å²) in [5, 5.41) is 2.31. The van der Waals surface area contributed by atoms with Crippen LogP contribution in [0.4, 0.5) is 8.78 Å². The summed E-state index contributed by atoms with van der Waals surface area (Å²) in [6, 6.07) is 6.51. The molecule has 0 atom stereocenters. The number of benzene rings is 1. The molecule has 6 nitrogen and oxygen atoms in total. The zero-order chi connectivity index (χ0) is 22.8. The number of aromatic nitrogens is 2. The molecule has 0 spiro atoms. The highest BCUT2D eigenvalue weighted by atomic mass is 19.2. The Hall–Kier alpha value is -3.39. The van der Waals surface area contributed by atoms with Crippen molar-refractivity contribution in [3.8, 4) is 0 Å². The van der Waals surface area contributed by atoms with Gasteiger partial charge >= 0.3 is 0 Å². The number of rotatable bonds is 5. The van der Waals surface area contributed by atoms with Crippen molar-refractivity contribution in [1.29, 1.82) is 0 Å². The van der Waals surface area contributed by atoms with Crippen LogP contribution in [0.25, 0.3) is 16.6 Å². The molecule has 4 rings (SSSR count). The monoisotopic (exact) mass is 438 g/mol. The second kappa shape index (κ2) is 9.00. The minimum absolute atomic E-state index is 0.0961. The fourth-order valence-electron chi connectivity index (χ4n) is 3.98. The first-order chi connectivity index (χ1) is 15.4. The number of hydrogen-bond acceptors (Lipinski definition) is 4. The van der Waals surface area contributed by atoms with Crippen molar-refractivity contribution in [3.05, 3.63) is 80.8 Å². The van der Waals surface area contributed by atoms with Crippen molar-refractivity contribution < 1.29 is 13.6 Å². The van der Waals surface area contributed by atoms with Gasteiger partial charge in [-0.15, -0.1) is 0 Å². The number of pyridine rings is 2. The summed E-state index contributed by atoms with van der Waals surface area (Å²) >= 11 is 0. The molecule has 0 bridgehead atoms. The van der Waals surface area contributed by atoms with Crippen LogP contribution in [0.15, 0.2) is 41.3 Å². The van der Waals surface area contributed by atoms with E-state index in [2.05, 4.69) is 20.2 Å². The third-order valence-corrected chi connectivity index (χ3v) is 5.81. The van der Waals surface area contributed by atoms with Gasteiger partial charge in [-0.3, -0.25) is 19.5 Å². The molecule has 3 heterocycles. The third-order valence-electron chi connectivity index (χ3n) is 5.81. The van der Waals surface area contributed by atoms with Crippen LogP contribution < -0.4 is 10.9 Å². The number of halogens is 2. The van der Waals surface area contributed by atoms with Crippen LogP contribution in [-0.2, 0) is 13.0 Å². The predicted octanol–water partition coefficient (Wildman–Crippen LogP) is 3.41. The number of nitrogens with one attached hydrogen (secondary N) is 2. The topological polar surface area (TPSA) is 78.1 Å². The molecule has 1 aromatic carbocycles. The Kier molecular flexibility index (Phi) is 6.14. The van der Waals surface area contributed by atoms with Crippen molar-refractivity contribution in [1.82, 2.24) is 20.2 Å². The lowest BCUT2D eigenvalue weighted by Gasteiger charge is -2.26. The smallest absolute Gasteiger partial charge is 0.254 e. The number of H-pyrrole nitrogens is 1. The van der Waals surface area contributed by atoms with E-state index in [0.29, 0.717) is 49.1 Å². The van der Waals surface area contributed by atoms with Gasteiger partial charge in [-0.05, 0) is 42.2 Å². The van der Waals surface area contributed by atoms with Gasteiger partial charge in [-0.1, -0.05) is 19.1 Å². The van der Waals surface area contributed by atoms with Gasteiger partial charge in [0.05, 0.1) is 16.6 Å². The molecule has 2 aromatic heterocycles. The van der Waals surface area contributed by atoms with E-state index >= 15 is 0 Å². The van der Waals surface area contributed by atoms with Crippen molar-refractivity contribution >= 4 is 22.5 Å². The molecule has 0 saturated carbocycles. The number of amides is 1. The molecule has 0 radical (unpaired) electrons. The van der Waals surface area contributed by atoms with E-state index in [9.17, 15) is 18.4 Å². The molecule has 2 N–H and O–H groups in total. The molecule has 8 heteroatoms. The standard InChI is InChI=1S/C24H24F2N4O2/c1-3-15-11-19-20(29-23(15)31)10-14(12-28-19)13-30-8-6-16(7-9-30)17-4-5-18(24(32)27-2)22(26)21(17)25/h4-6,10-12H,3,7-9,13H2,1-2H3,(H,27,32)(H,29,31). The van der Waals surface area contributed by atoms with E-state index in [0.717, 1.165) is 11.1 Å². The lowest BCUT2D eigenvalue weighted by Crippen LogP contribution is -2.28. The van der Waals surface area contributed by atoms with E-state index in [4.69, 9.17) is 0 Å². The number of fused-ring (bicyclic) bond motifs is 1. The van der Waals surface area contributed by atoms with Gasteiger partial charge in [-0.2, -0.15) is 0 Å². The molecule has 1 amide bonds. The molecule has 1 aliphatic heterocycles. The number of nitrogens with zero attached hydrogens (tertiary/aromatic N) is 2. The Balaban J connectivity index is 1.50. The summed E-state index contributed by atoms with van der Waals surface area (Å²) in [5.41, 5.74) is 3.62. The van der Waals surface area contributed by atoms with Gasteiger partial charge < -0.3 is 10.3 Å². The predicted molar refractivity (Wildman–Crippen MR) is 119 cm³/mol. The van der Waals surface area contributed by atoms with Gasteiger partial charge in [0.1, 0.15) is 0 Å². The Morgan fingerprint density at radius 2 is 2.06 bits per heavy atom. The fraction of sp³-hybridized carbons (Fsp3) is 0.292. The van der Waals surface area contributed by atoms with Crippen LogP contribution in [0.3, 0.4) is 0 Å². The van der Waals surface area contributed by atoms with Crippen molar-refractivity contribution in [3.63, 3.8) is 0 Å². The summed E-state index contributed by atoms with van der Waals surface area (Å²) < 4.78 is 28.9. The van der Waals surface area contributed by atoms with Gasteiger partial charge in [0.15, 0.2) is 11.6 Å². The molecule has 0 unspecified atom stereocenters. The molecule has 32 heavy (non-hydrogen) atoms. The second-order valence-electron chi connectivity index (χ2n) is 7.84. The van der Waals surface area contributed by atoms with Crippen LogP contribution in [0.1, 0.15) is 40.4 Å². The first-order valence-corrected chi connectivity index (χ1v) is 10.5. The van der Waals surface area contributed by atoms with E-state index in [1.807, 2.05) is 25.1 Å². The van der Waals surface area contributed by atoms with Crippen LogP contribution in [0.2, 0.25) is 0 Å². The zero-order valence-electron chi connectivity index (χ0n) is 18.0. The maximum Gasteiger partial charge on any atom is 0.254 e. The molecule has 0 fully saturated rings. The Morgan fingerprint density at radius 1 is 1.25 bits per heavy atom. The summed E-state index contributed by atoms with van der Waals surface area (Å²) in [5.74, 6) is -2.79. The third kappa shape index (κ3) is 4.18. The van der Waals surface area contributed by atoms with Gasteiger partial charge in [0, 0.05) is 44.0 Å². The SMILES string of the molecule is CCc1cc2ncc(CN3CC=C(c4ccc(C(=O)NC)c(F)c4F)CC3)cc2[nH]c1=O. The minimum Gasteiger partial charge on any atom is -0.355 e. The molecule has 166 valence electrons. The maximum absolute atomic E-state index is 14.6. The molecule has 3 aromatic rings. The largest absolute Gasteiger partial charge is 0.355 e. The molecular formula is C24H24F2N4O2. The quantitative estimate of drug-likeness (QED) is 0.640. The molecule has 0 aliphatic carbocycles. The minimum atomic E-state index is -1.13. The molecule has 0 saturated heterocycles. The maximum atomic E-state index is 14.6. The zero-order valence-corrected chi connectivity index (χ0v) is 18.0. The highest BCUT2D eigenvalue weighted by molar-refractivity contribution is 5.94. The average Bonchev–Trinajstić information content (AvgIpc) is 2.80. The number of carbonyl (C=O) groups is 1. The number of aryl methyl sites for hydroxylation is 1. The van der Waals surface area contributed by atoms with Gasteiger partial charge in [-0.25, -0.2) is 8.78 Å². The number of hydrogen-bond donors (Lipinski definition) is 2. The summed E-state index contributed by atoms with van der Waals surface area (Å²) in [6.07, 6.45) is 4.88. The van der Waals surface area contributed by atoms with Gasteiger partial charge in [0.2, 0.25) is 0 Å². The lowest BCUT2D eigenvalue weighted by atomic mass is 9.97. The second-order valence-corrected chi connectivity index (χ2v) is 7.84. The van der Waals surface area contributed by atoms with Crippen LogP contribution in [-0.4, -0.2) is 40.9 Å². The normalized spacial score (nSPS) is 14.4. The van der Waals surface area contributed by atoms with Crippen LogP contribution in [0.5, 0.6) is 0 Å². The van der Waals surface area contributed by atoms with E-state index in [-0.39, 0.29) is 16.7 Å². The van der Waals surface area contributed by atoms with Crippen LogP contribution in [0, 0.1) is 11.6 Å². The van der Waals surface area contributed by atoms with Crippen molar-refractivity contribution in [2.45, 2.75) is 26.3 Å². The van der Waals surface area contributed by atoms with Gasteiger partial charge in [0.25, 0.3) is 11.5 Å². The van der Waals surface area contributed by atoms with E-state index in [1.54, 1.807) is 6.20 Å². The summed E-state index contributed by atoms with van der Waals surface area (Å²) in [7, 11) is 1.37. The van der Waals surface area contributed by atoms with Crippen molar-refractivity contribution in [2.75, 3.05) is 20.1 Å². The highest BCUT2D eigenvalue weighted by Crippen LogP contribution is 2.28. The Labute approximate surface area is 184 Å². The van der Waals surface area contributed by atoms with Crippen LogP contribution >= 0.6 is 0 Å². The van der Waals surface area contributed by atoms with E-state index < -0.39 is 17.5 Å².